The quantitative estimate of drug-likeness (QED) is 0.720. The van der Waals surface area contributed by atoms with E-state index in [-0.39, 0.29) is 35.3 Å². The van der Waals surface area contributed by atoms with Gasteiger partial charge in [0.05, 0.1) is 0 Å². The molecule has 0 heterocycles. The Hall–Kier alpha value is -0.550. The molecule has 0 fully saturated rings. The van der Waals surface area contributed by atoms with Crippen LogP contribution in [0.5, 0.6) is 5.75 Å². The second kappa shape index (κ2) is 6.85. The van der Waals surface area contributed by atoms with Crippen LogP contribution >= 0.6 is 0 Å². The molecule has 5 heteroatoms. The van der Waals surface area contributed by atoms with E-state index in [4.69, 9.17) is 14.9 Å². The molecule has 1 aromatic rings. The van der Waals surface area contributed by atoms with Gasteiger partial charge < -0.3 is 14.9 Å². The first-order chi connectivity index (χ1) is 6.63. The van der Waals surface area contributed by atoms with E-state index in [1.807, 2.05) is 0 Å². The Bertz CT molecular complexity index is 310. The van der Waals surface area contributed by atoms with Gasteiger partial charge in [0.1, 0.15) is 5.75 Å². The molecular formula is C10H13NaO4. The molecule has 0 aliphatic heterocycles. The van der Waals surface area contributed by atoms with Crippen LogP contribution in [0.4, 0.5) is 0 Å². The number of hydrogen-bond donors (Lipinski definition) is 2. The van der Waals surface area contributed by atoms with Gasteiger partial charge in [-0.05, 0) is 17.7 Å². The van der Waals surface area contributed by atoms with Crippen LogP contribution in [0.1, 0.15) is 5.56 Å². The number of rotatable bonds is 4. The molecule has 0 radical (unpaired) electrons. The summed E-state index contributed by atoms with van der Waals surface area (Å²) < 4.78 is 4.78. The number of carboxylic acids is 1. The van der Waals surface area contributed by atoms with Crippen molar-refractivity contribution in [2.24, 2.45) is 0 Å². The summed E-state index contributed by atoms with van der Waals surface area (Å²) in [6, 6.07) is 6.38. The van der Waals surface area contributed by atoms with E-state index >= 15 is 0 Å². The molecule has 0 spiro atoms. The topological polar surface area (TPSA) is 66.8 Å². The molecule has 0 saturated heterocycles. The van der Waals surface area contributed by atoms with E-state index < -0.39 is 12.1 Å². The standard InChI is InChI=1S/C10H12O4.Na.H/c1-14-9(10(12)13)6-7-2-4-8(11)5-3-7;;/h2-5,9,11H,6H2,1H3,(H,12,13);;/t9-;;/m0../s1. The van der Waals surface area contributed by atoms with E-state index in [1.165, 1.54) is 19.2 Å². The number of aliphatic carboxylic acids is 1. The van der Waals surface area contributed by atoms with Crippen LogP contribution in [-0.2, 0) is 16.0 Å². The first kappa shape index (κ1) is 14.5. The van der Waals surface area contributed by atoms with Gasteiger partial charge in [-0.3, -0.25) is 0 Å². The zero-order valence-electron chi connectivity index (χ0n) is 7.80. The molecule has 1 atom stereocenters. The van der Waals surface area contributed by atoms with Gasteiger partial charge in [-0.15, -0.1) is 0 Å². The van der Waals surface area contributed by atoms with Gasteiger partial charge in [-0.25, -0.2) is 4.79 Å². The van der Waals surface area contributed by atoms with Crippen molar-refractivity contribution in [2.45, 2.75) is 12.5 Å². The molecule has 78 valence electrons. The third-order valence-corrected chi connectivity index (χ3v) is 1.92. The van der Waals surface area contributed by atoms with Crippen LogP contribution in [0.3, 0.4) is 0 Å². The fraction of sp³-hybridized carbons (Fsp3) is 0.300. The van der Waals surface area contributed by atoms with Gasteiger partial charge >= 0.3 is 35.5 Å². The van der Waals surface area contributed by atoms with E-state index in [0.717, 1.165) is 5.56 Å². The molecular weight excluding hydrogens is 207 g/mol. The molecule has 0 amide bonds. The molecule has 0 unspecified atom stereocenters. The molecule has 0 aliphatic rings. The Morgan fingerprint density at radius 1 is 1.40 bits per heavy atom. The summed E-state index contributed by atoms with van der Waals surface area (Å²) in [5.74, 6) is -0.821. The van der Waals surface area contributed by atoms with Crippen LogP contribution in [-0.4, -0.2) is 59.0 Å². The molecule has 0 saturated carbocycles. The summed E-state index contributed by atoms with van der Waals surface area (Å²) in [6.45, 7) is 0. The maximum absolute atomic E-state index is 10.6. The predicted octanol–water partition coefficient (Wildman–Crippen LogP) is 0.386. The van der Waals surface area contributed by atoms with Crippen LogP contribution < -0.4 is 0 Å². The summed E-state index contributed by atoms with van der Waals surface area (Å²) in [7, 11) is 1.36. The first-order valence-electron chi connectivity index (χ1n) is 4.17. The second-order valence-corrected chi connectivity index (χ2v) is 2.93. The average molecular weight is 220 g/mol. The van der Waals surface area contributed by atoms with Crippen molar-refractivity contribution in [1.82, 2.24) is 0 Å². The number of benzene rings is 1. The normalized spacial score (nSPS) is 11.5. The Balaban J connectivity index is 0.00000196. The predicted molar refractivity (Wildman–Crippen MR) is 57.4 cm³/mol. The van der Waals surface area contributed by atoms with E-state index in [1.54, 1.807) is 12.1 Å². The number of carbonyl (C=O) groups is 1. The van der Waals surface area contributed by atoms with E-state index in [9.17, 15) is 4.79 Å². The van der Waals surface area contributed by atoms with Crippen molar-refractivity contribution in [3.05, 3.63) is 29.8 Å². The second-order valence-electron chi connectivity index (χ2n) is 2.93. The van der Waals surface area contributed by atoms with Gasteiger partial charge in [0.2, 0.25) is 0 Å². The SMILES string of the molecule is CO[C@@H](Cc1ccc(O)cc1)C(=O)O.[NaH]. The van der Waals surface area contributed by atoms with E-state index in [0.29, 0.717) is 6.42 Å². The molecule has 0 aromatic heterocycles. The number of ether oxygens (including phenoxy) is 1. The fourth-order valence-electron chi connectivity index (χ4n) is 1.12. The fourth-order valence-corrected chi connectivity index (χ4v) is 1.12. The number of carboxylic acid groups (broad SMARTS) is 1. The molecule has 1 aromatic carbocycles. The number of phenolic OH excluding ortho intramolecular Hbond substituents is 1. The number of aromatic hydroxyl groups is 1. The van der Waals surface area contributed by atoms with Gasteiger partial charge in [-0.1, -0.05) is 12.1 Å². The minimum atomic E-state index is -0.986. The Kier molecular flexibility index (Phi) is 6.60. The molecule has 2 N–H and O–H groups in total. The van der Waals surface area contributed by atoms with Crippen LogP contribution in [0.15, 0.2) is 24.3 Å². The van der Waals surface area contributed by atoms with Gasteiger partial charge in [0, 0.05) is 13.5 Å². The Morgan fingerprint density at radius 2 is 1.93 bits per heavy atom. The van der Waals surface area contributed by atoms with Crippen LogP contribution in [0.2, 0.25) is 0 Å². The third kappa shape index (κ3) is 4.66. The number of phenols is 1. The average Bonchev–Trinajstić information content (AvgIpc) is 2.16. The monoisotopic (exact) mass is 220 g/mol. The first-order valence-corrected chi connectivity index (χ1v) is 4.17. The number of methoxy groups -OCH3 is 1. The summed E-state index contributed by atoms with van der Waals surface area (Å²) in [5.41, 5.74) is 0.817. The van der Waals surface area contributed by atoms with Gasteiger partial charge in [-0.2, -0.15) is 0 Å². The van der Waals surface area contributed by atoms with Crippen molar-refractivity contribution < 1.29 is 19.7 Å². The number of hydrogen-bond acceptors (Lipinski definition) is 3. The summed E-state index contributed by atoms with van der Waals surface area (Å²) in [5, 5.41) is 17.7. The van der Waals surface area contributed by atoms with Crippen LogP contribution in [0.25, 0.3) is 0 Å². The molecule has 1 rings (SSSR count). The molecule has 4 nitrogen and oxygen atoms in total. The van der Waals surface area contributed by atoms with Gasteiger partial charge in [0.15, 0.2) is 6.10 Å². The van der Waals surface area contributed by atoms with E-state index in [2.05, 4.69) is 0 Å². The zero-order valence-corrected chi connectivity index (χ0v) is 7.80. The molecule has 0 bridgehead atoms. The Labute approximate surface area is 110 Å². The van der Waals surface area contributed by atoms with Crippen molar-refractivity contribution >= 4 is 35.5 Å². The van der Waals surface area contributed by atoms with Crippen molar-refractivity contribution in [2.75, 3.05) is 7.11 Å². The van der Waals surface area contributed by atoms with Crippen LogP contribution in [0, 0.1) is 0 Å². The van der Waals surface area contributed by atoms with Crippen molar-refractivity contribution in [1.29, 1.82) is 0 Å². The third-order valence-electron chi connectivity index (χ3n) is 1.92. The summed E-state index contributed by atoms with van der Waals surface area (Å²) in [4.78, 5) is 10.6. The van der Waals surface area contributed by atoms with Crippen molar-refractivity contribution in [3.8, 4) is 5.75 Å². The summed E-state index contributed by atoms with van der Waals surface area (Å²) in [6.07, 6.45) is -0.536. The summed E-state index contributed by atoms with van der Waals surface area (Å²) >= 11 is 0. The zero-order chi connectivity index (χ0) is 10.6. The minimum absolute atomic E-state index is 0. The maximum atomic E-state index is 10.6. The Morgan fingerprint density at radius 3 is 2.33 bits per heavy atom. The van der Waals surface area contributed by atoms with Gasteiger partial charge in [0.25, 0.3) is 0 Å². The molecule has 0 aliphatic carbocycles. The van der Waals surface area contributed by atoms with Crippen molar-refractivity contribution in [3.63, 3.8) is 0 Å². The molecule has 15 heavy (non-hydrogen) atoms.